The zero-order valence-corrected chi connectivity index (χ0v) is 9.04. The first-order valence-corrected chi connectivity index (χ1v) is 5.74. The molecule has 0 bridgehead atoms. The number of nitrogens with one attached hydrogen (secondary N) is 1. The van der Waals surface area contributed by atoms with Crippen molar-refractivity contribution in [2.75, 3.05) is 32.8 Å². The highest BCUT2D eigenvalue weighted by Crippen LogP contribution is 2.22. The Morgan fingerprint density at radius 2 is 2.00 bits per heavy atom. The second kappa shape index (κ2) is 10.2. The van der Waals surface area contributed by atoms with Gasteiger partial charge in [0.15, 0.2) is 0 Å². The highest BCUT2D eigenvalue weighted by molar-refractivity contribution is 7.33. The molecule has 1 unspecified atom stereocenters. The van der Waals surface area contributed by atoms with Crippen molar-refractivity contribution in [3.63, 3.8) is 0 Å². The van der Waals surface area contributed by atoms with Gasteiger partial charge in [-0.2, -0.15) is 0 Å². The fourth-order valence-electron chi connectivity index (χ4n) is 0.661. The van der Waals surface area contributed by atoms with E-state index in [-0.39, 0.29) is 0 Å². The summed E-state index contributed by atoms with van der Waals surface area (Å²) in [5.74, 6) is 0. The Balaban J connectivity index is 3.08. The van der Waals surface area contributed by atoms with E-state index in [1.807, 2.05) is 6.92 Å². The second-order valence-electron chi connectivity index (χ2n) is 2.49. The van der Waals surface area contributed by atoms with Gasteiger partial charge in [0.25, 0.3) is 0 Å². The largest absolute Gasteiger partial charge is 0.329 e. The van der Waals surface area contributed by atoms with Crippen LogP contribution in [-0.4, -0.2) is 32.8 Å². The molecule has 0 radical (unpaired) electrons. The van der Waals surface area contributed by atoms with Crippen molar-refractivity contribution in [2.45, 2.75) is 13.3 Å². The summed E-state index contributed by atoms with van der Waals surface area (Å²) in [6.07, 6.45) is 0.852. The Hall–Kier alpha value is 0.0700. The number of hydrogen-bond acceptors (Lipinski definition) is 5. The van der Waals surface area contributed by atoms with Crippen molar-refractivity contribution in [2.24, 2.45) is 5.73 Å². The smallest absolute Gasteiger partial charge is 0.319 e. The van der Waals surface area contributed by atoms with Crippen LogP contribution in [0.2, 0.25) is 0 Å². The number of nitrogens with two attached hydrogens (primary N) is 1. The molecule has 0 fully saturated rings. The van der Waals surface area contributed by atoms with Gasteiger partial charge in [0.1, 0.15) is 0 Å². The molecule has 13 heavy (non-hydrogen) atoms. The highest BCUT2D eigenvalue weighted by atomic mass is 31.1. The quantitative estimate of drug-likeness (QED) is 0.425. The lowest BCUT2D eigenvalue weighted by molar-refractivity contribution is 0.226. The van der Waals surface area contributed by atoms with Gasteiger partial charge in [-0.3, -0.25) is 4.57 Å². The van der Waals surface area contributed by atoms with E-state index >= 15 is 0 Å². The standard InChI is InChI=1S/C7H19N2O3P/c1-2-6-11-13(10)12-7-5-9-4-3-8/h9,13H,2-8H2,1H3. The average molecular weight is 210 g/mol. The first-order chi connectivity index (χ1) is 6.31. The SMILES string of the molecule is CCCO[PH](=O)OCCNCCN. The van der Waals surface area contributed by atoms with E-state index < -0.39 is 8.25 Å². The maximum atomic E-state index is 10.9. The van der Waals surface area contributed by atoms with Crippen LogP contribution in [0.5, 0.6) is 0 Å². The summed E-state index contributed by atoms with van der Waals surface area (Å²) >= 11 is 0. The molecule has 0 aliphatic heterocycles. The molecule has 0 spiro atoms. The van der Waals surface area contributed by atoms with Gasteiger partial charge in [0.2, 0.25) is 0 Å². The average Bonchev–Trinajstić information content (AvgIpc) is 2.14. The lowest BCUT2D eigenvalue weighted by Gasteiger charge is -2.05. The fraction of sp³-hybridized carbons (Fsp3) is 1.00. The van der Waals surface area contributed by atoms with Gasteiger partial charge >= 0.3 is 8.25 Å². The lowest BCUT2D eigenvalue weighted by atomic mass is 10.5. The third kappa shape index (κ3) is 9.99. The van der Waals surface area contributed by atoms with Gasteiger partial charge in [0, 0.05) is 19.6 Å². The van der Waals surface area contributed by atoms with Gasteiger partial charge in [-0.05, 0) is 6.42 Å². The minimum absolute atomic E-state index is 0.404. The van der Waals surface area contributed by atoms with E-state index in [9.17, 15) is 4.57 Å². The summed E-state index contributed by atoms with van der Waals surface area (Å²) in [6.45, 7) is 4.86. The normalized spacial score (nSPS) is 13.1. The molecule has 3 N–H and O–H groups in total. The maximum absolute atomic E-state index is 10.9. The molecule has 80 valence electrons. The molecule has 0 saturated carbocycles. The zero-order chi connectivity index (χ0) is 9.94. The molecule has 0 aromatic carbocycles. The molecule has 0 amide bonds. The fourth-order valence-corrected chi connectivity index (χ4v) is 1.38. The molecule has 0 aromatic rings. The van der Waals surface area contributed by atoms with E-state index in [0.717, 1.165) is 13.0 Å². The first kappa shape index (κ1) is 13.1. The Morgan fingerprint density at radius 1 is 1.31 bits per heavy atom. The molecule has 0 heterocycles. The molecule has 5 nitrogen and oxygen atoms in total. The third-order valence-electron chi connectivity index (χ3n) is 1.24. The van der Waals surface area contributed by atoms with E-state index in [1.54, 1.807) is 0 Å². The molecule has 0 aliphatic rings. The molecule has 0 aliphatic carbocycles. The van der Waals surface area contributed by atoms with Crippen molar-refractivity contribution in [1.82, 2.24) is 5.32 Å². The van der Waals surface area contributed by atoms with Crippen LogP contribution in [-0.2, 0) is 13.6 Å². The van der Waals surface area contributed by atoms with Gasteiger partial charge in [-0.1, -0.05) is 6.92 Å². The van der Waals surface area contributed by atoms with Crippen molar-refractivity contribution >= 4 is 8.25 Å². The van der Waals surface area contributed by atoms with E-state index in [2.05, 4.69) is 5.32 Å². The molecular weight excluding hydrogens is 191 g/mol. The third-order valence-corrected chi connectivity index (χ3v) is 2.12. The number of rotatable bonds is 9. The van der Waals surface area contributed by atoms with Crippen molar-refractivity contribution < 1.29 is 13.6 Å². The minimum atomic E-state index is -2.26. The summed E-state index contributed by atoms with van der Waals surface area (Å²) < 4.78 is 20.7. The van der Waals surface area contributed by atoms with Crippen molar-refractivity contribution in [1.29, 1.82) is 0 Å². The Morgan fingerprint density at radius 3 is 2.62 bits per heavy atom. The number of hydrogen-bond donors (Lipinski definition) is 2. The topological polar surface area (TPSA) is 73.6 Å². The summed E-state index contributed by atoms with van der Waals surface area (Å²) in [7, 11) is -2.26. The molecular formula is C7H19N2O3P. The van der Waals surface area contributed by atoms with Crippen LogP contribution in [0.15, 0.2) is 0 Å². The Labute approximate surface area is 79.9 Å². The second-order valence-corrected chi connectivity index (χ2v) is 3.56. The van der Waals surface area contributed by atoms with Crippen LogP contribution < -0.4 is 11.1 Å². The predicted molar refractivity (Wildman–Crippen MR) is 53.1 cm³/mol. The van der Waals surface area contributed by atoms with E-state index in [0.29, 0.717) is 26.3 Å². The van der Waals surface area contributed by atoms with Crippen LogP contribution in [0.1, 0.15) is 13.3 Å². The summed E-state index contributed by atoms with van der Waals surface area (Å²) in [6, 6.07) is 0. The summed E-state index contributed by atoms with van der Waals surface area (Å²) in [5, 5.41) is 3.02. The van der Waals surface area contributed by atoms with Crippen LogP contribution in [0.4, 0.5) is 0 Å². The summed E-state index contributed by atoms with van der Waals surface area (Å²) in [5.41, 5.74) is 5.25. The molecule has 6 heteroatoms. The van der Waals surface area contributed by atoms with Gasteiger partial charge in [-0.15, -0.1) is 0 Å². The van der Waals surface area contributed by atoms with Gasteiger partial charge in [0.05, 0.1) is 13.2 Å². The summed E-state index contributed by atoms with van der Waals surface area (Å²) in [4.78, 5) is 0. The maximum Gasteiger partial charge on any atom is 0.319 e. The molecule has 0 rings (SSSR count). The Bertz CT molecular complexity index is 135. The van der Waals surface area contributed by atoms with Gasteiger partial charge in [-0.25, -0.2) is 0 Å². The first-order valence-electron chi connectivity index (χ1n) is 4.51. The Kier molecular flexibility index (Phi) is 10.2. The minimum Gasteiger partial charge on any atom is -0.329 e. The van der Waals surface area contributed by atoms with Crippen molar-refractivity contribution in [3.05, 3.63) is 0 Å². The molecule has 1 atom stereocenters. The van der Waals surface area contributed by atoms with Crippen LogP contribution in [0.3, 0.4) is 0 Å². The van der Waals surface area contributed by atoms with Crippen LogP contribution in [0, 0.1) is 0 Å². The van der Waals surface area contributed by atoms with Gasteiger partial charge < -0.3 is 20.1 Å². The monoisotopic (exact) mass is 210 g/mol. The van der Waals surface area contributed by atoms with Crippen LogP contribution >= 0.6 is 8.25 Å². The predicted octanol–water partition coefficient (Wildman–Crippen LogP) is 0.368. The highest BCUT2D eigenvalue weighted by Gasteiger charge is 1.97. The molecule has 0 saturated heterocycles. The van der Waals surface area contributed by atoms with Crippen LogP contribution in [0.25, 0.3) is 0 Å². The zero-order valence-electron chi connectivity index (χ0n) is 8.04. The van der Waals surface area contributed by atoms with E-state index in [4.69, 9.17) is 14.8 Å². The van der Waals surface area contributed by atoms with Crippen molar-refractivity contribution in [3.8, 4) is 0 Å². The van der Waals surface area contributed by atoms with E-state index in [1.165, 1.54) is 0 Å². The lowest BCUT2D eigenvalue weighted by Crippen LogP contribution is -2.25. The molecule has 0 aromatic heterocycles.